The Morgan fingerprint density at radius 3 is 2.97 bits per heavy atom. The van der Waals surface area contributed by atoms with Crippen molar-refractivity contribution in [2.75, 3.05) is 31.6 Å². The first-order valence-corrected chi connectivity index (χ1v) is 11.5. The predicted octanol–water partition coefficient (Wildman–Crippen LogP) is 1.93. The monoisotopic (exact) mass is 434 g/mol. The summed E-state index contributed by atoms with van der Waals surface area (Å²) in [5.41, 5.74) is 4.12. The Labute approximate surface area is 187 Å². The van der Waals surface area contributed by atoms with Gasteiger partial charge >= 0.3 is 0 Å². The summed E-state index contributed by atoms with van der Waals surface area (Å²) in [7, 11) is 1.98. The lowest BCUT2D eigenvalue weighted by molar-refractivity contribution is -0.133. The van der Waals surface area contributed by atoms with Crippen LogP contribution in [0, 0.1) is 0 Å². The van der Waals surface area contributed by atoms with Crippen molar-refractivity contribution < 1.29 is 9.90 Å². The summed E-state index contributed by atoms with van der Waals surface area (Å²) in [5, 5.41) is 22.1. The highest BCUT2D eigenvalue weighted by molar-refractivity contribution is 5.96. The van der Waals surface area contributed by atoms with Crippen LogP contribution >= 0.6 is 0 Å². The van der Waals surface area contributed by atoms with Crippen LogP contribution < -0.4 is 10.6 Å². The fourth-order valence-electron chi connectivity index (χ4n) is 4.97. The average Bonchev–Trinajstić information content (AvgIpc) is 3.39. The van der Waals surface area contributed by atoms with Crippen molar-refractivity contribution in [3.8, 4) is 11.3 Å². The van der Waals surface area contributed by atoms with Crippen molar-refractivity contribution in [2.45, 2.75) is 37.8 Å². The van der Waals surface area contributed by atoms with Gasteiger partial charge < -0.3 is 20.6 Å². The number of rotatable bonds is 3. The molecular formula is C24H30N6O2. The summed E-state index contributed by atoms with van der Waals surface area (Å²) in [6.45, 7) is 2.04. The molecule has 2 aromatic heterocycles. The molecule has 2 aliphatic heterocycles. The molecule has 0 saturated carbocycles. The Bertz CT molecular complexity index is 1130. The van der Waals surface area contributed by atoms with Gasteiger partial charge in [0.15, 0.2) is 0 Å². The number of aliphatic hydroxyl groups excluding tert-OH is 1. The number of carbonyl (C=O) groups is 1. The zero-order valence-electron chi connectivity index (χ0n) is 18.4. The molecule has 0 spiro atoms. The minimum absolute atomic E-state index is 0.0864. The summed E-state index contributed by atoms with van der Waals surface area (Å²) in [6, 6.07) is 12.2. The molecule has 3 aromatic rings. The molecule has 4 bridgehead atoms. The molecule has 1 fully saturated rings. The number of pyridine rings is 1. The van der Waals surface area contributed by atoms with E-state index >= 15 is 0 Å². The van der Waals surface area contributed by atoms with E-state index in [1.807, 2.05) is 47.0 Å². The Balaban J connectivity index is 1.57. The van der Waals surface area contributed by atoms with Gasteiger partial charge in [0.25, 0.3) is 0 Å². The van der Waals surface area contributed by atoms with Crippen molar-refractivity contribution in [2.24, 2.45) is 7.05 Å². The molecule has 8 heteroatoms. The van der Waals surface area contributed by atoms with Crippen LogP contribution in [-0.4, -0.2) is 69.0 Å². The van der Waals surface area contributed by atoms with Crippen molar-refractivity contribution in [3.05, 3.63) is 42.1 Å². The van der Waals surface area contributed by atoms with E-state index in [-0.39, 0.29) is 24.6 Å². The molecule has 32 heavy (non-hydrogen) atoms. The first kappa shape index (κ1) is 20.9. The highest BCUT2D eigenvalue weighted by Gasteiger charge is 2.32. The van der Waals surface area contributed by atoms with Crippen molar-refractivity contribution in [3.63, 3.8) is 0 Å². The second-order valence-corrected chi connectivity index (χ2v) is 8.72. The molecule has 5 rings (SSSR count). The quantitative estimate of drug-likeness (QED) is 0.583. The van der Waals surface area contributed by atoms with Gasteiger partial charge in [0, 0.05) is 56.0 Å². The largest absolute Gasteiger partial charge is 0.396 e. The summed E-state index contributed by atoms with van der Waals surface area (Å²) in [5.74, 6) is 0.937. The lowest BCUT2D eigenvalue weighted by Crippen LogP contribution is -2.44. The third-order valence-electron chi connectivity index (χ3n) is 6.52. The predicted molar refractivity (Wildman–Crippen MR) is 124 cm³/mol. The fourth-order valence-corrected chi connectivity index (χ4v) is 4.97. The third-order valence-corrected chi connectivity index (χ3v) is 6.52. The minimum atomic E-state index is -0.208. The fraction of sp³-hybridized carbons (Fsp3) is 0.458. The molecule has 1 aromatic carbocycles. The lowest BCUT2D eigenvalue weighted by atomic mass is 10.0. The summed E-state index contributed by atoms with van der Waals surface area (Å²) in [4.78, 5) is 20.1. The van der Waals surface area contributed by atoms with Gasteiger partial charge in [-0.3, -0.25) is 9.48 Å². The number of carbonyl (C=O) groups excluding carboxylic acids is 1. The number of amides is 1. The number of aliphatic hydroxyl groups is 1. The molecule has 0 radical (unpaired) electrons. The molecule has 1 saturated heterocycles. The Hall–Kier alpha value is -2.97. The SMILES string of the molecule is Cn1nc2cccc3c2c1CCCN(CCCO)C(=O)C1CC(CN1)Nc1cccc-3n1. The number of benzene rings is 1. The van der Waals surface area contributed by atoms with Gasteiger partial charge in [-0.15, -0.1) is 0 Å². The second kappa shape index (κ2) is 8.88. The Morgan fingerprint density at radius 2 is 2.09 bits per heavy atom. The van der Waals surface area contributed by atoms with Crippen LogP contribution in [0.2, 0.25) is 0 Å². The van der Waals surface area contributed by atoms with E-state index in [0.29, 0.717) is 19.5 Å². The zero-order chi connectivity index (χ0) is 22.1. The van der Waals surface area contributed by atoms with Gasteiger partial charge in [-0.2, -0.15) is 5.10 Å². The normalized spacial score (nSPS) is 21.3. The number of aromatic nitrogens is 3. The lowest BCUT2D eigenvalue weighted by Gasteiger charge is -2.25. The maximum absolute atomic E-state index is 13.3. The van der Waals surface area contributed by atoms with Crippen LogP contribution in [0.25, 0.3) is 22.2 Å². The van der Waals surface area contributed by atoms with Crippen molar-refractivity contribution in [1.29, 1.82) is 0 Å². The van der Waals surface area contributed by atoms with Crippen LogP contribution in [0.5, 0.6) is 0 Å². The van der Waals surface area contributed by atoms with E-state index in [1.54, 1.807) is 0 Å². The van der Waals surface area contributed by atoms with Gasteiger partial charge in [-0.05, 0) is 43.9 Å². The molecule has 2 atom stereocenters. The molecule has 3 N–H and O–H groups in total. The Morgan fingerprint density at radius 1 is 1.22 bits per heavy atom. The number of nitrogens with zero attached hydrogens (tertiary/aromatic N) is 4. The van der Waals surface area contributed by atoms with Crippen molar-refractivity contribution >= 4 is 22.6 Å². The van der Waals surface area contributed by atoms with Gasteiger partial charge in [0.05, 0.1) is 17.3 Å². The van der Waals surface area contributed by atoms with E-state index in [4.69, 9.17) is 10.1 Å². The number of anilines is 1. The van der Waals surface area contributed by atoms with E-state index < -0.39 is 0 Å². The summed E-state index contributed by atoms with van der Waals surface area (Å²) in [6.07, 6.45) is 2.96. The van der Waals surface area contributed by atoms with E-state index in [0.717, 1.165) is 59.5 Å². The van der Waals surface area contributed by atoms with Gasteiger partial charge in [-0.1, -0.05) is 18.2 Å². The number of hydrogen-bond donors (Lipinski definition) is 3. The maximum atomic E-state index is 13.3. The van der Waals surface area contributed by atoms with Crippen molar-refractivity contribution in [1.82, 2.24) is 25.0 Å². The topological polar surface area (TPSA) is 95.3 Å². The molecule has 4 heterocycles. The molecule has 0 aliphatic carbocycles. The smallest absolute Gasteiger partial charge is 0.239 e. The van der Waals surface area contributed by atoms with Crippen LogP contribution in [0.15, 0.2) is 36.4 Å². The molecular weight excluding hydrogens is 404 g/mol. The molecule has 8 nitrogen and oxygen atoms in total. The standard InChI is InChI=1S/C24H30N6O2/c1-29-21-9-4-11-30(12-5-13-31)24(32)20-14-16(15-25-20)26-22-10-3-7-18(27-22)17-6-2-8-19(28-29)23(17)21/h2-3,6-8,10,16,20,25,31H,4-5,9,11-15H2,1H3,(H,26,27). The molecule has 168 valence electrons. The van der Waals surface area contributed by atoms with Crippen LogP contribution in [0.4, 0.5) is 5.82 Å². The van der Waals surface area contributed by atoms with Crippen LogP contribution in [-0.2, 0) is 18.3 Å². The molecule has 2 unspecified atom stereocenters. The number of nitrogens with one attached hydrogen (secondary N) is 2. The molecule has 2 aliphatic rings. The first-order chi connectivity index (χ1) is 15.6. The highest BCUT2D eigenvalue weighted by atomic mass is 16.3. The van der Waals surface area contributed by atoms with E-state index in [9.17, 15) is 9.90 Å². The third kappa shape index (κ3) is 3.96. The highest BCUT2D eigenvalue weighted by Crippen LogP contribution is 2.31. The van der Waals surface area contributed by atoms with Gasteiger partial charge in [0.2, 0.25) is 5.91 Å². The van der Waals surface area contributed by atoms with Gasteiger partial charge in [-0.25, -0.2) is 4.98 Å². The Kier molecular flexibility index (Phi) is 5.80. The first-order valence-electron chi connectivity index (χ1n) is 11.5. The zero-order valence-corrected chi connectivity index (χ0v) is 18.4. The number of aryl methyl sites for hydroxylation is 2. The average molecular weight is 435 g/mol. The van der Waals surface area contributed by atoms with Crippen LogP contribution in [0.1, 0.15) is 25.0 Å². The number of fused-ring (bicyclic) bond motifs is 5. The van der Waals surface area contributed by atoms with Gasteiger partial charge in [0.1, 0.15) is 5.82 Å². The van der Waals surface area contributed by atoms with E-state index in [1.165, 1.54) is 0 Å². The summed E-state index contributed by atoms with van der Waals surface area (Å²) >= 11 is 0. The maximum Gasteiger partial charge on any atom is 0.239 e. The molecule has 1 amide bonds. The minimum Gasteiger partial charge on any atom is -0.396 e. The van der Waals surface area contributed by atoms with E-state index in [2.05, 4.69) is 16.7 Å². The number of hydrogen-bond acceptors (Lipinski definition) is 6. The second-order valence-electron chi connectivity index (χ2n) is 8.72. The summed E-state index contributed by atoms with van der Waals surface area (Å²) < 4.78 is 1.96. The van der Waals surface area contributed by atoms with Crippen LogP contribution in [0.3, 0.4) is 0 Å².